The molecule has 122 valence electrons. The molecule has 0 unspecified atom stereocenters. The maximum Gasteiger partial charge on any atom is 0.488 e. The summed E-state index contributed by atoms with van der Waals surface area (Å²) in [6.07, 6.45) is 0. The summed E-state index contributed by atoms with van der Waals surface area (Å²) in [5.74, 6) is 0.197. The van der Waals surface area contributed by atoms with Gasteiger partial charge in [-0.1, -0.05) is 13.0 Å². The smallest absolute Gasteiger partial charge is 0.488 e. The highest BCUT2D eigenvalue weighted by molar-refractivity contribution is 7.89. The fourth-order valence-electron chi connectivity index (χ4n) is 2.48. The molecule has 0 bridgehead atoms. The van der Waals surface area contributed by atoms with E-state index in [-0.39, 0.29) is 16.1 Å². The van der Waals surface area contributed by atoms with Crippen LogP contribution in [0.1, 0.15) is 6.92 Å². The third-order valence-corrected chi connectivity index (χ3v) is 5.80. The quantitative estimate of drug-likeness (QED) is 0.653. The van der Waals surface area contributed by atoms with Crippen molar-refractivity contribution in [3.05, 3.63) is 18.2 Å². The van der Waals surface area contributed by atoms with Crippen molar-refractivity contribution >= 4 is 22.6 Å². The summed E-state index contributed by atoms with van der Waals surface area (Å²) in [5, 5.41) is 18.5. The molecule has 1 saturated heterocycles. The summed E-state index contributed by atoms with van der Waals surface area (Å²) >= 11 is 0. The predicted molar refractivity (Wildman–Crippen MR) is 83.7 cm³/mol. The third-order valence-electron chi connectivity index (χ3n) is 3.88. The molecule has 0 atom stereocenters. The van der Waals surface area contributed by atoms with E-state index in [9.17, 15) is 18.5 Å². The van der Waals surface area contributed by atoms with E-state index in [1.807, 2.05) is 6.92 Å². The molecule has 0 amide bonds. The fraction of sp³-hybridized carbons (Fsp3) is 0.538. The number of hydrogen-bond acceptors (Lipinski definition) is 6. The van der Waals surface area contributed by atoms with Gasteiger partial charge in [-0.05, 0) is 24.1 Å². The van der Waals surface area contributed by atoms with Crippen LogP contribution in [-0.2, 0) is 10.0 Å². The van der Waals surface area contributed by atoms with Crippen molar-refractivity contribution in [2.45, 2.75) is 11.8 Å². The number of rotatable bonds is 5. The van der Waals surface area contributed by atoms with Gasteiger partial charge in [0.1, 0.15) is 10.6 Å². The van der Waals surface area contributed by atoms with Crippen molar-refractivity contribution in [3.63, 3.8) is 0 Å². The van der Waals surface area contributed by atoms with Crippen molar-refractivity contribution in [2.75, 3.05) is 39.8 Å². The summed E-state index contributed by atoms with van der Waals surface area (Å²) in [4.78, 5) is 2.14. The predicted octanol–water partition coefficient (Wildman–Crippen LogP) is -1.30. The van der Waals surface area contributed by atoms with Crippen LogP contribution in [0.3, 0.4) is 0 Å². The Bertz CT molecular complexity index is 615. The zero-order valence-electron chi connectivity index (χ0n) is 12.8. The van der Waals surface area contributed by atoms with Gasteiger partial charge in [-0.25, -0.2) is 8.42 Å². The van der Waals surface area contributed by atoms with Crippen LogP contribution >= 0.6 is 0 Å². The Balaban J connectivity index is 2.34. The van der Waals surface area contributed by atoms with Crippen LogP contribution in [0.5, 0.6) is 5.75 Å². The molecule has 1 aromatic carbocycles. The molecule has 0 spiro atoms. The zero-order chi connectivity index (χ0) is 16.3. The Morgan fingerprint density at radius 3 is 2.36 bits per heavy atom. The van der Waals surface area contributed by atoms with E-state index in [0.29, 0.717) is 26.2 Å². The van der Waals surface area contributed by atoms with Gasteiger partial charge in [0.15, 0.2) is 0 Å². The number of methoxy groups -OCH3 is 1. The minimum atomic E-state index is -3.73. The molecule has 0 radical (unpaired) electrons. The fourth-order valence-corrected chi connectivity index (χ4v) is 4.09. The summed E-state index contributed by atoms with van der Waals surface area (Å²) in [5.41, 5.74) is 0.117. The van der Waals surface area contributed by atoms with Crippen molar-refractivity contribution in [1.29, 1.82) is 0 Å². The molecule has 1 heterocycles. The SMILES string of the molecule is CCN1CCN(S(=O)(=O)c2cc(B(O)O)ccc2OC)CC1. The van der Waals surface area contributed by atoms with Crippen molar-refractivity contribution in [3.8, 4) is 5.75 Å². The van der Waals surface area contributed by atoms with Gasteiger partial charge in [-0.15, -0.1) is 0 Å². The first-order valence-corrected chi connectivity index (χ1v) is 8.60. The van der Waals surface area contributed by atoms with Gasteiger partial charge in [0, 0.05) is 26.2 Å². The minimum Gasteiger partial charge on any atom is -0.495 e. The number of sulfonamides is 1. The molecule has 1 aliphatic heterocycles. The lowest BCUT2D eigenvalue weighted by Crippen LogP contribution is -2.48. The second kappa shape index (κ2) is 6.97. The second-order valence-corrected chi connectivity index (χ2v) is 7.03. The molecule has 2 rings (SSSR count). The molecule has 9 heteroatoms. The van der Waals surface area contributed by atoms with E-state index in [1.54, 1.807) is 0 Å². The summed E-state index contributed by atoms with van der Waals surface area (Å²) in [7, 11) is -4.07. The molecule has 0 aromatic heterocycles. The molecule has 0 aliphatic carbocycles. The third kappa shape index (κ3) is 3.44. The second-order valence-electron chi connectivity index (χ2n) is 5.12. The Labute approximate surface area is 131 Å². The Morgan fingerprint density at radius 2 is 1.86 bits per heavy atom. The Kier molecular flexibility index (Phi) is 5.46. The summed E-state index contributed by atoms with van der Waals surface area (Å²) in [6.45, 7) is 5.11. The van der Waals surface area contributed by atoms with Crippen LogP contribution in [0.15, 0.2) is 23.1 Å². The van der Waals surface area contributed by atoms with Gasteiger partial charge in [-0.2, -0.15) is 4.31 Å². The van der Waals surface area contributed by atoms with Crippen molar-refractivity contribution in [2.24, 2.45) is 0 Å². The molecule has 7 nitrogen and oxygen atoms in total. The van der Waals surface area contributed by atoms with Crippen molar-refractivity contribution < 1.29 is 23.2 Å². The lowest BCUT2D eigenvalue weighted by atomic mass is 9.80. The van der Waals surface area contributed by atoms with E-state index in [2.05, 4.69) is 4.90 Å². The van der Waals surface area contributed by atoms with E-state index >= 15 is 0 Å². The van der Waals surface area contributed by atoms with E-state index < -0.39 is 17.1 Å². The van der Waals surface area contributed by atoms with Gasteiger partial charge in [0.2, 0.25) is 10.0 Å². The zero-order valence-corrected chi connectivity index (χ0v) is 13.6. The number of piperazine rings is 1. The highest BCUT2D eigenvalue weighted by Gasteiger charge is 2.31. The molecule has 1 aromatic rings. The monoisotopic (exact) mass is 328 g/mol. The van der Waals surface area contributed by atoms with Gasteiger partial charge in [0.05, 0.1) is 7.11 Å². The lowest BCUT2D eigenvalue weighted by molar-refractivity contribution is 0.196. The summed E-state index contributed by atoms with van der Waals surface area (Å²) < 4.78 is 32.1. The minimum absolute atomic E-state index is 0.0365. The van der Waals surface area contributed by atoms with Crippen LogP contribution in [-0.4, -0.2) is 74.6 Å². The number of ether oxygens (including phenoxy) is 1. The number of nitrogens with zero attached hydrogens (tertiary/aromatic N) is 2. The van der Waals surface area contributed by atoms with Gasteiger partial charge in [-0.3, -0.25) is 0 Å². The summed E-state index contributed by atoms with van der Waals surface area (Å²) in [6, 6.07) is 4.12. The van der Waals surface area contributed by atoms with Crippen LogP contribution in [0, 0.1) is 0 Å². The highest BCUT2D eigenvalue weighted by Crippen LogP contribution is 2.26. The van der Waals surface area contributed by atoms with E-state index in [0.717, 1.165) is 6.54 Å². The van der Waals surface area contributed by atoms with E-state index in [4.69, 9.17) is 4.74 Å². The average molecular weight is 328 g/mol. The maximum atomic E-state index is 12.8. The number of hydrogen-bond donors (Lipinski definition) is 2. The van der Waals surface area contributed by atoms with Crippen LogP contribution in [0.25, 0.3) is 0 Å². The van der Waals surface area contributed by atoms with Crippen molar-refractivity contribution in [1.82, 2.24) is 9.21 Å². The standard InChI is InChI=1S/C13H21BN2O5S/c1-3-15-6-8-16(9-7-15)22(19,20)13-10-11(14(17)18)4-5-12(13)21-2/h4-5,10,17-18H,3,6-9H2,1-2H3. The van der Waals surface area contributed by atoms with Crippen LogP contribution < -0.4 is 10.2 Å². The van der Waals surface area contributed by atoms with Gasteiger partial charge < -0.3 is 19.7 Å². The first kappa shape index (κ1) is 17.2. The normalized spacial score (nSPS) is 17.5. The molecular weight excluding hydrogens is 307 g/mol. The first-order valence-electron chi connectivity index (χ1n) is 7.16. The van der Waals surface area contributed by atoms with Crippen LogP contribution in [0.2, 0.25) is 0 Å². The molecular formula is C13H21BN2O5S. The molecule has 1 aliphatic rings. The highest BCUT2D eigenvalue weighted by atomic mass is 32.2. The molecule has 0 saturated carbocycles. The van der Waals surface area contributed by atoms with Gasteiger partial charge in [0.25, 0.3) is 0 Å². The molecule has 22 heavy (non-hydrogen) atoms. The topological polar surface area (TPSA) is 90.3 Å². The Hall–Kier alpha value is -1.13. The first-order chi connectivity index (χ1) is 10.4. The number of likely N-dealkylation sites (N-methyl/N-ethyl adjacent to an activating group) is 1. The Morgan fingerprint density at radius 1 is 1.23 bits per heavy atom. The number of benzene rings is 1. The molecule has 1 fully saturated rings. The maximum absolute atomic E-state index is 12.8. The average Bonchev–Trinajstić information content (AvgIpc) is 2.54. The largest absolute Gasteiger partial charge is 0.495 e. The molecule has 2 N–H and O–H groups in total. The van der Waals surface area contributed by atoms with E-state index in [1.165, 1.54) is 29.6 Å². The van der Waals surface area contributed by atoms with Gasteiger partial charge >= 0.3 is 7.12 Å². The van der Waals surface area contributed by atoms with Crippen LogP contribution in [0.4, 0.5) is 0 Å². The lowest BCUT2D eigenvalue weighted by Gasteiger charge is -2.33.